The van der Waals surface area contributed by atoms with Crippen LogP contribution in [0.1, 0.15) is 18.2 Å². The Morgan fingerprint density at radius 2 is 1.50 bits per heavy atom. The van der Waals surface area contributed by atoms with Gasteiger partial charge in [0.2, 0.25) is 0 Å². The number of ether oxygens (including phenoxy) is 2. The number of aryl methyl sites for hydroxylation is 2. The normalized spacial score (nSPS) is 11.2. The van der Waals surface area contributed by atoms with Crippen LogP contribution in [0.3, 0.4) is 0 Å². The summed E-state index contributed by atoms with van der Waals surface area (Å²) in [5.41, 5.74) is 5.99. The van der Waals surface area contributed by atoms with E-state index in [-0.39, 0.29) is 0 Å². The Morgan fingerprint density at radius 1 is 0.844 bits per heavy atom. The molecule has 0 fully saturated rings. The van der Waals surface area contributed by atoms with Gasteiger partial charge in [-0.2, -0.15) is 5.10 Å². The molecule has 0 atom stereocenters. The van der Waals surface area contributed by atoms with Crippen molar-refractivity contribution in [3.63, 3.8) is 0 Å². The summed E-state index contributed by atoms with van der Waals surface area (Å²) >= 11 is 0. The van der Waals surface area contributed by atoms with Crippen molar-refractivity contribution >= 4 is 21.8 Å². The highest BCUT2D eigenvalue weighted by Gasteiger charge is 2.21. The largest absolute Gasteiger partial charge is 0.493 e. The van der Waals surface area contributed by atoms with Gasteiger partial charge in [0.15, 0.2) is 17.1 Å². The zero-order valence-electron chi connectivity index (χ0n) is 18.7. The van der Waals surface area contributed by atoms with Gasteiger partial charge in [0.1, 0.15) is 0 Å². The minimum absolute atomic E-state index is 0.685. The SMILES string of the molecule is CCc1nn(-c2ccccc2)c2nc(-c3ccccc3C)c3cc(OC)c(OC)cc3c12. The number of hydrogen-bond donors (Lipinski definition) is 0. The van der Waals surface area contributed by atoms with Crippen LogP contribution in [-0.2, 0) is 6.42 Å². The molecular formula is C27H25N3O2. The van der Waals surface area contributed by atoms with E-state index in [0.717, 1.165) is 56.4 Å². The third-order valence-corrected chi connectivity index (χ3v) is 5.94. The first-order valence-electron chi connectivity index (χ1n) is 10.7. The summed E-state index contributed by atoms with van der Waals surface area (Å²) in [5, 5.41) is 8.09. The van der Waals surface area contributed by atoms with Gasteiger partial charge in [0.25, 0.3) is 0 Å². The van der Waals surface area contributed by atoms with Crippen LogP contribution in [0.5, 0.6) is 11.5 Å². The number of methoxy groups -OCH3 is 2. The van der Waals surface area contributed by atoms with Crippen LogP contribution < -0.4 is 9.47 Å². The Bertz CT molecular complexity index is 1440. The molecule has 0 amide bonds. The Morgan fingerprint density at radius 3 is 2.16 bits per heavy atom. The molecule has 0 radical (unpaired) electrons. The van der Waals surface area contributed by atoms with Crippen molar-refractivity contribution < 1.29 is 9.47 Å². The lowest BCUT2D eigenvalue weighted by molar-refractivity contribution is 0.356. The lowest BCUT2D eigenvalue weighted by Crippen LogP contribution is -2.00. The van der Waals surface area contributed by atoms with Gasteiger partial charge < -0.3 is 9.47 Å². The van der Waals surface area contributed by atoms with Crippen molar-refractivity contribution in [2.45, 2.75) is 20.3 Å². The highest BCUT2D eigenvalue weighted by atomic mass is 16.5. The molecule has 0 saturated carbocycles. The average Bonchev–Trinajstić information content (AvgIpc) is 3.22. The molecule has 0 bridgehead atoms. The fourth-order valence-corrected chi connectivity index (χ4v) is 4.32. The molecule has 5 nitrogen and oxygen atoms in total. The molecule has 2 heterocycles. The first kappa shape index (κ1) is 20.1. The molecule has 5 heteroatoms. The number of pyridine rings is 1. The predicted octanol–water partition coefficient (Wildman–Crippen LogP) is 6.13. The second-order valence-corrected chi connectivity index (χ2v) is 7.77. The minimum Gasteiger partial charge on any atom is -0.493 e. The maximum atomic E-state index is 5.65. The van der Waals surface area contributed by atoms with E-state index < -0.39 is 0 Å². The van der Waals surface area contributed by atoms with Gasteiger partial charge in [-0.1, -0.05) is 49.4 Å². The molecule has 32 heavy (non-hydrogen) atoms. The molecule has 0 saturated heterocycles. The first-order chi connectivity index (χ1) is 15.7. The summed E-state index contributed by atoms with van der Waals surface area (Å²) < 4.78 is 13.2. The smallest absolute Gasteiger partial charge is 0.164 e. The molecule has 2 aromatic heterocycles. The summed E-state index contributed by atoms with van der Waals surface area (Å²) in [7, 11) is 3.33. The molecule has 5 rings (SSSR count). The maximum Gasteiger partial charge on any atom is 0.164 e. The number of para-hydroxylation sites is 1. The van der Waals surface area contributed by atoms with Crippen LogP contribution in [0.15, 0.2) is 66.7 Å². The van der Waals surface area contributed by atoms with Crippen molar-refractivity contribution in [1.82, 2.24) is 14.8 Å². The van der Waals surface area contributed by atoms with Gasteiger partial charge in [0, 0.05) is 16.3 Å². The van der Waals surface area contributed by atoms with Crippen molar-refractivity contribution in [3.05, 3.63) is 78.0 Å². The quantitative estimate of drug-likeness (QED) is 0.341. The number of nitrogens with zero attached hydrogens (tertiary/aromatic N) is 3. The molecule has 0 aliphatic heterocycles. The van der Waals surface area contributed by atoms with Gasteiger partial charge in [0.05, 0.1) is 36.7 Å². The summed E-state index contributed by atoms with van der Waals surface area (Å²) in [6.07, 6.45) is 0.797. The number of aromatic nitrogens is 3. The molecule has 160 valence electrons. The van der Waals surface area contributed by atoms with E-state index >= 15 is 0 Å². The topological polar surface area (TPSA) is 49.2 Å². The van der Waals surface area contributed by atoms with E-state index in [1.165, 1.54) is 0 Å². The fourth-order valence-electron chi connectivity index (χ4n) is 4.32. The van der Waals surface area contributed by atoms with Gasteiger partial charge in [-0.25, -0.2) is 9.67 Å². The van der Waals surface area contributed by atoms with E-state index in [4.69, 9.17) is 19.6 Å². The third kappa shape index (κ3) is 3.09. The third-order valence-electron chi connectivity index (χ3n) is 5.94. The number of benzene rings is 3. The molecule has 3 aromatic carbocycles. The highest BCUT2D eigenvalue weighted by Crippen LogP contribution is 2.41. The summed E-state index contributed by atoms with van der Waals surface area (Å²) in [5.74, 6) is 1.38. The zero-order chi connectivity index (χ0) is 22.2. The van der Waals surface area contributed by atoms with Gasteiger partial charge in [-0.3, -0.25) is 0 Å². The maximum absolute atomic E-state index is 5.65. The fraction of sp³-hybridized carbons (Fsp3) is 0.185. The van der Waals surface area contributed by atoms with Crippen LogP contribution in [-0.4, -0.2) is 29.0 Å². The summed E-state index contributed by atoms with van der Waals surface area (Å²) in [6, 6.07) is 22.6. The van der Waals surface area contributed by atoms with Gasteiger partial charge >= 0.3 is 0 Å². The second-order valence-electron chi connectivity index (χ2n) is 7.77. The molecule has 5 aromatic rings. The lowest BCUT2D eigenvalue weighted by atomic mass is 9.97. The Labute approximate surface area is 187 Å². The van der Waals surface area contributed by atoms with Crippen LogP contribution in [0.4, 0.5) is 0 Å². The number of fused-ring (bicyclic) bond motifs is 3. The van der Waals surface area contributed by atoms with Crippen LogP contribution >= 0.6 is 0 Å². The van der Waals surface area contributed by atoms with Crippen molar-refractivity contribution in [2.24, 2.45) is 0 Å². The summed E-state index contributed by atoms with van der Waals surface area (Å²) in [6.45, 7) is 4.23. The zero-order valence-corrected chi connectivity index (χ0v) is 18.7. The average molecular weight is 424 g/mol. The van der Waals surface area contributed by atoms with E-state index in [2.05, 4.69) is 44.2 Å². The predicted molar refractivity (Wildman–Crippen MR) is 129 cm³/mol. The standard InChI is InChI=1S/C27H25N3O2/c1-5-22-25-20-15-23(31-3)24(32-4)16-21(20)26(19-14-10-9-11-17(19)2)28-27(25)30(29-22)18-12-7-6-8-13-18/h6-16H,5H2,1-4H3. The van der Waals surface area contributed by atoms with Crippen LogP contribution in [0.2, 0.25) is 0 Å². The highest BCUT2D eigenvalue weighted by molar-refractivity contribution is 6.12. The van der Waals surface area contributed by atoms with Crippen LogP contribution in [0.25, 0.3) is 38.8 Å². The first-order valence-corrected chi connectivity index (χ1v) is 10.7. The Kier molecular flexibility index (Phi) is 5.02. The van der Waals surface area contributed by atoms with E-state index in [1.54, 1.807) is 14.2 Å². The molecule has 0 aliphatic carbocycles. The molecule has 0 spiro atoms. The molecule has 0 aliphatic rings. The van der Waals surface area contributed by atoms with E-state index in [0.29, 0.717) is 11.5 Å². The van der Waals surface area contributed by atoms with Gasteiger partial charge in [-0.05, 0) is 43.2 Å². The number of rotatable bonds is 5. The lowest BCUT2D eigenvalue weighted by Gasteiger charge is -2.14. The number of hydrogen-bond acceptors (Lipinski definition) is 4. The molecular weight excluding hydrogens is 398 g/mol. The molecule has 0 N–H and O–H groups in total. The Hall–Kier alpha value is -3.86. The van der Waals surface area contributed by atoms with Crippen molar-refractivity contribution in [1.29, 1.82) is 0 Å². The van der Waals surface area contributed by atoms with E-state index in [9.17, 15) is 0 Å². The van der Waals surface area contributed by atoms with Crippen LogP contribution in [0, 0.1) is 6.92 Å². The second kappa shape index (κ2) is 8.00. The monoisotopic (exact) mass is 423 g/mol. The van der Waals surface area contributed by atoms with E-state index in [1.807, 2.05) is 41.1 Å². The molecule has 0 unspecified atom stereocenters. The van der Waals surface area contributed by atoms with Crippen molar-refractivity contribution in [3.8, 4) is 28.4 Å². The Balaban J connectivity index is 1.98. The minimum atomic E-state index is 0.685. The summed E-state index contributed by atoms with van der Waals surface area (Å²) in [4.78, 5) is 5.21. The van der Waals surface area contributed by atoms with Crippen molar-refractivity contribution in [2.75, 3.05) is 14.2 Å². The van der Waals surface area contributed by atoms with Gasteiger partial charge in [-0.15, -0.1) is 0 Å².